The van der Waals surface area contributed by atoms with E-state index in [0.717, 1.165) is 42.5 Å². The summed E-state index contributed by atoms with van der Waals surface area (Å²) in [7, 11) is 1.34. The standard InChI is InChI=1S/C17H19N3O3/c1-23-17(22)12-6-4-5-11(9-12)10-18-16(21)15-13-7-2-3-8-14(13)19-20-15/h4-6,9H,2-3,7-8,10H2,1H3,(H,18,21)(H,19,20). The molecule has 3 rings (SSSR count). The van der Waals surface area contributed by atoms with Gasteiger partial charge in [-0.2, -0.15) is 5.10 Å². The van der Waals surface area contributed by atoms with Crippen molar-refractivity contribution < 1.29 is 14.3 Å². The molecule has 0 spiro atoms. The fourth-order valence-electron chi connectivity index (χ4n) is 2.86. The van der Waals surface area contributed by atoms with E-state index >= 15 is 0 Å². The molecule has 0 aliphatic heterocycles. The molecule has 1 amide bonds. The summed E-state index contributed by atoms with van der Waals surface area (Å²) in [6.07, 6.45) is 4.08. The van der Waals surface area contributed by atoms with Crippen LogP contribution in [0.2, 0.25) is 0 Å². The molecule has 1 aromatic heterocycles. The molecule has 6 heteroatoms. The van der Waals surface area contributed by atoms with Crippen LogP contribution >= 0.6 is 0 Å². The summed E-state index contributed by atoms with van der Waals surface area (Å²) in [6.45, 7) is 0.339. The van der Waals surface area contributed by atoms with Crippen LogP contribution in [-0.2, 0) is 24.1 Å². The van der Waals surface area contributed by atoms with Gasteiger partial charge in [0.05, 0.1) is 12.7 Å². The number of H-pyrrole nitrogens is 1. The van der Waals surface area contributed by atoms with Crippen LogP contribution in [0.3, 0.4) is 0 Å². The monoisotopic (exact) mass is 313 g/mol. The van der Waals surface area contributed by atoms with Crippen molar-refractivity contribution in [3.8, 4) is 0 Å². The fourth-order valence-corrected chi connectivity index (χ4v) is 2.86. The summed E-state index contributed by atoms with van der Waals surface area (Å²) >= 11 is 0. The summed E-state index contributed by atoms with van der Waals surface area (Å²) in [5, 5.41) is 9.98. The maximum atomic E-state index is 12.3. The molecule has 6 nitrogen and oxygen atoms in total. The Balaban J connectivity index is 1.67. The molecule has 1 heterocycles. The van der Waals surface area contributed by atoms with Gasteiger partial charge < -0.3 is 10.1 Å². The van der Waals surface area contributed by atoms with Gasteiger partial charge in [-0.05, 0) is 43.4 Å². The normalized spacial score (nSPS) is 13.3. The van der Waals surface area contributed by atoms with Crippen molar-refractivity contribution in [2.45, 2.75) is 32.2 Å². The van der Waals surface area contributed by atoms with Crippen molar-refractivity contribution in [3.05, 3.63) is 52.3 Å². The van der Waals surface area contributed by atoms with Crippen molar-refractivity contribution in [1.29, 1.82) is 0 Å². The molecule has 1 aliphatic carbocycles. The highest BCUT2D eigenvalue weighted by atomic mass is 16.5. The molecule has 2 N–H and O–H groups in total. The van der Waals surface area contributed by atoms with E-state index < -0.39 is 0 Å². The second kappa shape index (κ2) is 6.64. The van der Waals surface area contributed by atoms with Crippen LogP contribution in [0.5, 0.6) is 0 Å². The SMILES string of the molecule is COC(=O)c1cccc(CNC(=O)c2n[nH]c3c2CCCC3)c1. The van der Waals surface area contributed by atoms with Gasteiger partial charge in [-0.1, -0.05) is 12.1 Å². The number of aryl methyl sites for hydroxylation is 1. The Morgan fingerprint density at radius 2 is 2.13 bits per heavy atom. The first kappa shape index (κ1) is 15.3. The summed E-state index contributed by atoms with van der Waals surface area (Å²) in [5.41, 5.74) is 3.91. The first-order valence-electron chi connectivity index (χ1n) is 7.70. The first-order valence-corrected chi connectivity index (χ1v) is 7.70. The highest BCUT2D eigenvalue weighted by Crippen LogP contribution is 2.22. The Bertz CT molecular complexity index is 736. The van der Waals surface area contributed by atoms with Gasteiger partial charge in [0.1, 0.15) is 0 Å². The van der Waals surface area contributed by atoms with Gasteiger partial charge in [0.2, 0.25) is 0 Å². The number of hydrogen-bond donors (Lipinski definition) is 2. The average molecular weight is 313 g/mol. The topological polar surface area (TPSA) is 84.1 Å². The van der Waals surface area contributed by atoms with Gasteiger partial charge in [0, 0.05) is 17.8 Å². The number of ether oxygens (including phenoxy) is 1. The predicted octanol–water partition coefficient (Wildman–Crippen LogP) is 2.01. The van der Waals surface area contributed by atoms with Crippen molar-refractivity contribution >= 4 is 11.9 Å². The highest BCUT2D eigenvalue weighted by molar-refractivity contribution is 5.94. The van der Waals surface area contributed by atoms with E-state index in [2.05, 4.69) is 15.5 Å². The Kier molecular flexibility index (Phi) is 4.41. The van der Waals surface area contributed by atoms with Crippen LogP contribution < -0.4 is 5.32 Å². The van der Waals surface area contributed by atoms with E-state index in [1.54, 1.807) is 18.2 Å². The molecule has 0 atom stereocenters. The zero-order valence-electron chi connectivity index (χ0n) is 13.0. The predicted molar refractivity (Wildman–Crippen MR) is 84.2 cm³/mol. The number of fused-ring (bicyclic) bond motifs is 1. The molecule has 0 saturated heterocycles. The molecule has 2 aromatic rings. The van der Waals surface area contributed by atoms with E-state index in [4.69, 9.17) is 4.74 Å². The lowest BCUT2D eigenvalue weighted by Crippen LogP contribution is -2.24. The van der Waals surface area contributed by atoms with Crippen LogP contribution in [-0.4, -0.2) is 29.2 Å². The van der Waals surface area contributed by atoms with Crippen molar-refractivity contribution in [2.24, 2.45) is 0 Å². The van der Waals surface area contributed by atoms with Gasteiger partial charge in [-0.15, -0.1) is 0 Å². The largest absolute Gasteiger partial charge is 0.465 e. The fraction of sp³-hybridized carbons (Fsp3) is 0.353. The molecular formula is C17H19N3O3. The minimum absolute atomic E-state index is 0.187. The zero-order chi connectivity index (χ0) is 16.2. The van der Waals surface area contributed by atoms with Crippen LogP contribution in [0.15, 0.2) is 24.3 Å². The van der Waals surface area contributed by atoms with Crippen LogP contribution in [0.25, 0.3) is 0 Å². The third-order valence-corrected chi connectivity index (χ3v) is 4.07. The summed E-state index contributed by atoms with van der Waals surface area (Å²) in [4.78, 5) is 23.9. The molecular weight excluding hydrogens is 294 g/mol. The highest BCUT2D eigenvalue weighted by Gasteiger charge is 2.21. The number of aromatic amines is 1. The molecule has 0 saturated carbocycles. The van der Waals surface area contributed by atoms with Crippen LogP contribution in [0.4, 0.5) is 0 Å². The average Bonchev–Trinajstić information content (AvgIpc) is 3.03. The molecule has 0 bridgehead atoms. The minimum atomic E-state index is -0.389. The number of rotatable bonds is 4. The number of carbonyl (C=O) groups excluding carboxylic acids is 2. The summed E-state index contributed by atoms with van der Waals surface area (Å²) in [5.74, 6) is -0.576. The number of methoxy groups -OCH3 is 1. The Hall–Kier alpha value is -2.63. The Labute approximate surface area is 134 Å². The second-order valence-corrected chi connectivity index (χ2v) is 5.61. The maximum Gasteiger partial charge on any atom is 0.337 e. The summed E-state index contributed by atoms with van der Waals surface area (Å²) in [6, 6.07) is 7.02. The summed E-state index contributed by atoms with van der Waals surface area (Å²) < 4.78 is 4.70. The number of aromatic nitrogens is 2. The van der Waals surface area contributed by atoms with Crippen molar-refractivity contribution in [3.63, 3.8) is 0 Å². The molecule has 0 fully saturated rings. The Morgan fingerprint density at radius 1 is 1.30 bits per heavy atom. The van der Waals surface area contributed by atoms with E-state index in [0.29, 0.717) is 17.8 Å². The quantitative estimate of drug-likeness (QED) is 0.846. The first-order chi connectivity index (χ1) is 11.2. The van der Waals surface area contributed by atoms with Crippen LogP contribution in [0, 0.1) is 0 Å². The number of amides is 1. The molecule has 1 aliphatic rings. The molecule has 120 valence electrons. The lowest BCUT2D eigenvalue weighted by Gasteiger charge is -2.11. The van der Waals surface area contributed by atoms with Crippen LogP contribution in [0.1, 0.15) is 50.5 Å². The van der Waals surface area contributed by atoms with Gasteiger partial charge in [-0.25, -0.2) is 4.79 Å². The number of benzene rings is 1. The number of nitrogens with zero attached hydrogens (tertiary/aromatic N) is 1. The molecule has 0 unspecified atom stereocenters. The second-order valence-electron chi connectivity index (χ2n) is 5.61. The van der Waals surface area contributed by atoms with E-state index in [-0.39, 0.29) is 11.9 Å². The maximum absolute atomic E-state index is 12.3. The molecule has 23 heavy (non-hydrogen) atoms. The zero-order valence-corrected chi connectivity index (χ0v) is 13.0. The lowest BCUT2D eigenvalue weighted by molar-refractivity contribution is 0.0600. The van der Waals surface area contributed by atoms with Crippen molar-refractivity contribution in [2.75, 3.05) is 7.11 Å². The van der Waals surface area contributed by atoms with Gasteiger partial charge >= 0.3 is 5.97 Å². The van der Waals surface area contributed by atoms with Gasteiger partial charge in [0.25, 0.3) is 5.91 Å². The number of hydrogen-bond acceptors (Lipinski definition) is 4. The lowest BCUT2D eigenvalue weighted by atomic mass is 9.96. The molecule has 0 radical (unpaired) electrons. The van der Waals surface area contributed by atoms with E-state index in [1.807, 2.05) is 6.07 Å². The van der Waals surface area contributed by atoms with Gasteiger partial charge in [-0.3, -0.25) is 9.89 Å². The Morgan fingerprint density at radius 3 is 2.96 bits per heavy atom. The van der Waals surface area contributed by atoms with Gasteiger partial charge in [0.15, 0.2) is 5.69 Å². The smallest absolute Gasteiger partial charge is 0.337 e. The number of nitrogens with one attached hydrogen (secondary N) is 2. The molecule has 1 aromatic carbocycles. The number of esters is 1. The third-order valence-electron chi connectivity index (χ3n) is 4.07. The van der Waals surface area contributed by atoms with E-state index in [9.17, 15) is 9.59 Å². The third kappa shape index (κ3) is 3.26. The van der Waals surface area contributed by atoms with Crippen molar-refractivity contribution in [1.82, 2.24) is 15.5 Å². The number of carbonyl (C=O) groups is 2. The minimum Gasteiger partial charge on any atom is -0.465 e. The van der Waals surface area contributed by atoms with E-state index in [1.165, 1.54) is 7.11 Å².